The molecule has 0 aliphatic heterocycles. The Morgan fingerprint density at radius 3 is 2.56 bits per heavy atom. The summed E-state index contributed by atoms with van der Waals surface area (Å²) in [6.45, 7) is 7.80. The molecule has 0 spiro atoms. The standard InChI is InChI=1S/C15H22INO/c1-4-15(3)13(17-5-2)10-14(15)18-12-8-6-11(16)7-9-12/h6-9,13-14,17H,4-5,10H2,1-3H3. The van der Waals surface area contributed by atoms with Gasteiger partial charge in [0.1, 0.15) is 11.9 Å². The molecule has 0 radical (unpaired) electrons. The number of hydrogen-bond donors (Lipinski definition) is 1. The molecule has 1 N–H and O–H groups in total. The van der Waals surface area contributed by atoms with Gasteiger partial charge in [0, 0.05) is 21.4 Å². The maximum atomic E-state index is 6.15. The highest BCUT2D eigenvalue weighted by Crippen LogP contribution is 2.46. The van der Waals surface area contributed by atoms with Crippen LogP contribution in [0.15, 0.2) is 24.3 Å². The summed E-state index contributed by atoms with van der Waals surface area (Å²) in [5.74, 6) is 0.995. The average molecular weight is 359 g/mol. The van der Waals surface area contributed by atoms with Crippen molar-refractivity contribution >= 4 is 22.6 Å². The van der Waals surface area contributed by atoms with E-state index in [0.717, 1.165) is 25.1 Å². The molecular weight excluding hydrogens is 337 g/mol. The van der Waals surface area contributed by atoms with Crippen LogP contribution in [0.25, 0.3) is 0 Å². The predicted molar refractivity (Wildman–Crippen MR) is 84.1 cm³/mol. The number of nitrogens with one attached hydrogen (secondary N) is 1. The molecule has 3 unspecified atom stereocenters. The van der Waals surface area contributed by atoms with Crippen LogP contribution in [0.4, 0.5) is 0 Å². The fourth-order valence-electron chi connectivity index (χ4n) is 2.71. The summed E-state index contributed by atoms with van der Waals surface area (Å²) in [6.07, 6.45) is 2.61. The van der Waals surface area contributed by atoms with Gasteiger partial charge in [-0.2, -0.15) is 0 Å². The molecule has 1 aromatic rings. The molecule has 0 heterocycles. The van der Waals surface area contributed by atoms with E-state index in [0.29, 0.717) is 12.1 Å². The summed E-state index contributed by atoms with van der Waals surface area (Å²) in [5, 5.41) is 3.57. The highest BCUT2D eigenvalue weighted by atomic mass is 127. The first-order valence-electron chi connectivity index (χ1n) is 6.75. The van der Waals surface area contributed by atoms with Gasteiger partial charge in [0.05, 0.1) is 0 Å². The summed E-state index contributed by atoms with van der Waals surface area (Å²) in [6, 6.07) is 8.93. The van der Waals surface area contributed by atoms with Crippen molar-refractivity contribution in [3.8, 4) is 5.75 Å². The minimum atomic E-state index is 0.263. The lowest BCUT2D eigenvalue weighted by Gasteiger charge is -2.53. The van der Waals surface area contributed by atoms with E-state index < -0.39 is 0 Å². The fraction of sp³-hybridized carbons (Fsp3) is 0.600. The molecule has 2 rings (SSSR count). The summed E-state index contributed by atoms with van der Waals surface area (Å²) in [4.78, 5) is 0. The van der Waals surface area contributed by atoms with Gasteiger partial charge >= 0.3 is 0 Å². The maximum absolute atomic E-state index is 6.15. The zero-order valence-electron chi connectivity index (χ0n) is 11.4. The first-order chi connectivity index (χ1) is 8.60. The molecule has 3 heteroatoms. The molecule has 0 saturated heterocycles. The third-order valence-electron chi connectivity index (χ3n) is 4.29. The van der Waals surface area contributed by atoms with Crippen LogP contribution >= 0.6 is 22.6 Å². The van der Waals surface area contributed by atoms with Crippen molar-refractivity contribution in [3.63, 3.8) is 0 Å². The predicted octanol–water partition coefficient (Wildman–Crippen LogP) is 3.84. The van der Waals surface area contributed by atoms with E-state index in [1.54, 1.807) is 0 Å². The molecule has 3 atom stereocenters. The second-order valence-electron chi connectivity index (χ2n) is 5.27. The Labute approximate surface area is 124 Å². The van der Waals surface area contributed by atoms with Crippen LogP contribution in [0.2, 0.25) is 0 Å². The molecule has 0 amide bonds. The zero-order chi connectivity index (χ0) is 13.2. The van der Waals surface area contributed by atoms with E-state index in [2.05, 4.69) is 72.9 Å². The first kappa shape index (κ1) is 14.1. The Morgan fingerprint density at radius 1 is 1.33 bits per heavy atom. The normalized spacial score (nSPS) is 30.9. The van der Waals surface area contributed by atoms with Crippen molar-refractivity contribution < 1.29 is 4.74 Å². The van der Waals surface area contributed by atoms with E-state index in [1.165, 1.54) is 3.57 Å². The monoisotopic (exact) mass is 359 g/mol. The Bertz CT molecular complexity index is 392. The van der Waals surface area contributed by atoms with Crippen LogP contribution in [-0.2, 0) is 0 Å². The Hall–Kier alpha value is -0.290. The Kier molecular flexibility index (Phi) is 4.54. The number of rotatable bonds is 5. The quantitative estimate of drug-likeness (QED) is 0.807. The van der Waals surface area contributed by atoms with Crippen LogP contribution in [0.3, 0.4) is 0 Å². The average Bonchev–Trinajstić information content (AvgIpc) is 2.39. The molecule has 1 aromatic carbocycles. The SMILES string of the molecule is CCNC1CC(Oc2ccc(I)cc2)C1(C)CC. The molecule has 100 valence electrons. The largest absolute Gasteiger partial charge is 0.490 e. The molecule has 1 aliphatic carbocycles. The van der Waals surface area contributed by atoms with Gasteiger partial charge in [-0.1, -0.05) is 20.8 Å². The maximum Gasteiger partial charge on any atom is 0.119 e. The van der Waals surface area contributed by atoms with Gasteiger partial charge in [-0.25, -0.2) is 0 Å². The van der Waals surface area contributed by atoms with Gasteiger partial charge < -0.3 is 10.1 Å². The van der Waals surface area contributed by atoms with E-state index in [-0.39, 0.29) is 5.41 Å². The van der Waals surface area contributed by atoms with Crippen molar-refractivity contribution in [1.82, 2.24) is 5.32 Å². The summed E-state index contributed by atoms with van der Waals surface area (Å²) >= 11 is 2.32. The zero-order valence-corrected chi connectivity index (χ0v) is 13.5. The summed E-state index contributed by atoms with van der Waals surface area (Å²) in [5.41, 5.74) is 0.263. The number of hydrogen-bond acceptors (Lipinski definition) is 2. The van der Waals surface area contributed by atoms with Crippen LogP contribution < -0.4 is 10.1 Å². The van der Waals surface area contributed by atoms with Gasteiger partial charge in [0.15, 0.2) is 0 Å². The van der Waals surface area contributed by atoms with Crippen molar-refractivity contribution in [1.29, 1.82) is 0 Å². The van der Waals surface area contributed by atoms with E-state index in [4.69, 9.17) is 4.74 Å². The van der Waals surface area contributed by atoms with Gasteiger partial charge in [-0.3, -0.25) is 0 Å². The fourth-order valence-corrected chi connectivity index (χ4v) is 3.07. The van der Waals surface area contributed by atoms with Crippen LogP contribution in [0.5, 0.6) is 5.75 Å². The van der Waals surface area contributed by atoms with Gasteiger partial charge in [-0.05, 0) is 59.8 Å². The number of halogens is 1. The van der Waals surface area contributed by atoms with Gasteiger partial charge in [0.25, 0.3) is 0 Å². The smallest absolute Gasteiger partial charge is 0.119 e. The van der Waals surface area contributed by atoms with Crippen LogP contribution in [0, 0.1) is 8.99 Å². The molecule has 1 saturated carbocycles. The topological polar surface area (TPSA) is 21.3 Å². The molecule has 2 nitrogen and oxygen atoms in total. The van der Waals surface area contributed by atoms with Crippen LogP contribution in [-0.4, -0.2) is 18.7 Å². The van der Waals surface area contributed by atoms with Crippen LogP contribution in [0.1, 0.15) is 33.6 Å². The third-order valence-corrected chi connectivity index (χ3v) is 5.00. The Balaban J connectivity index is 2.00. The van der Waals surface area contributed by atoms with Gasteiger partial charge in [0.2, 0.25) is 0 Å². The molecule has 18 heavy (non-hydrogen) atoms. The van der Waals surface area contributed by atoms with E-state index >= 15 is 0 Å². The molecule has 1 aliphatic rings. The summed E-state index contributed by atoms with van der Waals surface area (Å²) in [7, 11) is 0. The lowest BCUT2D eigenvalue weighted by Crippen LogP contribution is -2.63. The van der Waals surface area contributed by atoms with E-state index in [9.17, 15) is 0 Å². The highest BCUT2D eigenvalue weighted by Gasteiger charge is 2.51. The van der Waals surface area contributed by atoms with Crippen molar-refractivity contribution in [2.75, 3.05) is 6.54 Å². The molecular formula is C15H22INO. The minimum Gasteiger partial charge on any atom is -0.490 e. The summed E-state index contributed by atoms with van der Waals surface area (Å²) < 4.78 is 7.39. The third kappa shape index (κ3) is 2.67. The minimum absolute atomic E-state index is 0.263. The van der Waals surface area contributed by atoms with Crippen molar-refractivity contribution in [2.24, 2.45) is 5.41 Å². The first-order valence-corrected chi connectivity index (χ1v) is 7.83. The highest BCUT2D eigenvalue weighted by molar-refractivity contribution is 14.1. The molecule has 0 aromatic heterocycles. The second-order valence-corrected chi connectivity index (χ2v) is 6.51. The second kappa shape index (κ2) is 5.78. The molecule has 1 fully saturated rings. The molecule has 0 bridgehead atoms. The lowest BCUT2D eigenvalue weighted by atomic mass is 9.61. The van der Waals surface area contributed by atoms with Gasteiger partial charge in [-0.15, -0.1) is 0 Å². The van der Waals surface area contributed by atoms with Crippen molar-refractivity contribution in [3.05, 3.63) is 27.8 Å². The van der Waals surface area contributed by atoms with E-state index in [1.807, 2.05) is 0 Å². The van der Waals surface area contributed by atoms with Crippen molar-refractivity contribution in [2.45, 2.75) is 45.8 Å². The number of benzene rings is 1. The number of ether oxygens (including phenoxy) is 1. The lowest BCUT2D eigenvalue weighted by molar-refractivity contribution is -0.0696. The Morgan fingerprint density at radius 2 is 2.00 bits per heavy atom.